The van der Waals surface area contributed by atoms with Crippen molar-refractivity contribution in [3.8, 4) is 23.3 Å². The van der Waals surface area contributed by atoms with Crippen LogP contribution in [0.25, 0.3) is 16.6 Å². The Kier molecular flexibility index (Phi) is 28.7. The number of carbonyl (C=O) groups is 3. The Bertz CT molecular complexity index is 4330. The van der Waals surface area contributed by atoms with Crippen LogP contribution in [0.2, 0.25) is 0 Å². The average molecular weight is 1590 g/mol. The first-order valence-electron chi connectivity index (χ1n) is 34.7. The molecule has 6 aliphatic heterocycles. The number of nitrogen functional groups attached to an aromatic ring is 1. The predicted molar refractivity (Wildman–Crippen MR) is 398 cm³/mol. The third-order valence-electron chi connectivity index (χ3n) is 18.0. The van der Waals surface area contributed by atoms with Crippen molar-refractivity contribution in [3.05, 3.63) is 104 Å². The topological polar surface area (TPSA) is 404 Å². The van der Waals surface area contributed by atoms with Crippen LogP contribution >= 0.6 is 66.6 Å². The van der Waals surface area contributed by atoms with Crippen LogP contribution in [0, 0.1) is 11.8 Å². The first-order valence-corrected chi connectivity index (χ1v) is 44.1. The highest BCUT2D eigenvalue weighted by molar-refractivity contribution is 8.77. The minimum Gasteiger partial charge on any atom is -0.478 e. The SMILES string of the molecule is CCSSCO[C@H]1CC(n2cc(C#CCNC(=O)OCCCCOCSSC(C)(C)CCONCCOCCOCCNC(=O)c3ccc(C(=O)O)c(C4=c5cc6c7c(c5Oc5c4cc4c8c5CCCN8CCC4)CCC[N+]=7CCC6)c3)c3c(N)ncnc32)O[C@@H]1COP(=O)(O)OP(=O)(O)OP(=O)(O)O. The molecule has 5 atom stereocenters. The van der Waals surface area contributed by atoms with Crippen LogP contribution in [-0.2, 0) is 85.8 Å². The first kappa shape index (κ1) is 80.7. The number of nitrogens with zero attached hydrogens (tertiary/aromatic N) is 5. The number of carboxylic acids is 1. The fourth-order valence-electron chi connectivity index (χ4n) is 13.5. The molecule has 38 heteroatoms. The van der Waals surface area contributed by atoms with Gasteiger partial charge in [0.05, 0.1) is 81.0 Å². The molecule has 0 spiro atoms. The Morgan fingerprint density at radius 3 is 2.36 bits per heavy atom. The second-order valence-electron chi connectivity index (χ2n) is 25.9. The van der Waals surface area contributed by atoms with Crippen LogP contribution in [0.1, 0.15) is 138 Å². The minimum absolute atomic E-state index is 0.0878. The highest BCUT2D eigenvalue weighted by Gasteiger charge is 2.45. The molecule has 0 radical (unpaired) electrons. The number of aromatic carboxylic acids is 1. The molecule has 3 aromatic carbocycles. The summed E-state index contributed by atoms with van der Waals surface area (Å²) in [5.41, 5.74) is 18.9. The third-order valence-corrected chi connectivity index (χ3v) is 26.9. The van der Waals surface area contributed by atoms with Crippen molar-refractivity contribution in [2.45, 2.75) is 121 Å². The van der Waals surface area contributed by atoms with Gasteiger partial charge in [-0.2, -0.15) is 8.62 Å². The zero-order valence-electron chi connectivity index (χ0n) is 58.5. The lowest BCUT2D eigenvalue weighted by Crippen LogP contribution is -2.45. The number of rotatable bonds is 39. The van der Waals surface area contributed by atoms with Crippen molar-refractivity contribution < 1.29 is 104 Å². The fourth-order valence-corrected chi connectivity index (χ4v) is 20.2. The third kappa shape index (κ3) is 21.6. The quantitative estimate of drug-likeness (QED) is 0.00337. The number of phosphoric acid groups is 3. The molecular weight excluding hydrogens is 1500 g/mol. The molecule has 1 fully saturated rings. The van der Waals surface area contributed by atoms with Gasteiger partial charge in [0.15, 0.2) is 0 Å². The number of nitrogens with two attached hydrogens (primary N) is 1. The number of benzene rings is 3. The molecular formula is C67H89N9O22P3S4+. The first-order chi connectivity index (χ1) is 50.5. The smallest absolute Gasteiger partial charge is 0.478 e. The largest absolute Gasteiger partial charge is 0.490 e. The zero-order chi connectivity index (χ0) is 74.3. The summed E-state index contributed by atoms with van der Waals surface area (Å²) in [4.78, 5) is 93.7. The summed E-state index contributed by atoms with van der Waals surface area (Å²) in [5.74, 6) is 7.63. The van der Waals surface area contributed by atoms with Crippen molar-refractivity contribution >= 4 is 113 Å². The number of anilines is 2. The molecule has 0 aliphatic carbocycles. The van der Waals surface area contributed by atoms with E-state index >= 15 is 0 Å². The van der Waals surface area contributed by atoms with Crippen LogP contribution in [0.3, 0.4) is 0 Å². The maximum absolute atomic E-state index is 13.9. The zero-order valence-corrected chi connectivity index (χ0v) is 64.4. The Labute approximate surface area is 623 Å². The molecule has 3 unspecified atom stereocenters. The molecule has 1 saturated heterocycles. The Morgan fingerprint density at radius 1 is 0.810 bits per heavy atom. The van der Waals surface area contributed by atoms with Gasteiger partial charge >= 0.3 is 35.5 Å². The molecule has 6 aliphatic rings. The number of carbonyl (C=O) groups excluding carboxylic acids is 2. The van der Waals surface area contributed by atoms with E-state index in [1.807, 2.05) is 6.92 Å². The van der Waals surface area contributed by atoms with Crippen molar-refractivity contribution in [2.24, 2.45) is 0 Å². The second-order valence-corrected chi connectivity index (χ2v) is 35.9. The summed E-state index contributed by atoms with van der Waals surface area (Å²) in [7, 11) is -10.6. The number of unbranched alkanes of at least 4 members (excludes halogenated alkanes) is 1. The van der Waals surface area contributed by atoms with E-state index in [0.717, 1.165) is 118 Å². The standard InChI is InChI=1S/C67H88N9O22P3S4/c1-4-102-103-42-92-53-37-55(95-54(53)39-94-100(84,85)98-101(86,87)97-99(81,82)83)76-38-46(56-62(68)71-40-72-63(56)76)12-7-20-70-66(80)91-28-6-5-27-90-41-104-105-67(2,3)19-29-93-73-22-31-89-33-32-88-30-21-69-64(77)45-17-18-47(65(78)79)50(36-45)57-51-34-43-13-8-23-74-25-10-15-48(58(43)74)60(51)96-61-49-16-11-26-75-24-9-14-44(59(49)75)35-52(57)61/h17-18,34-36,38,40,53-55,73H,4-6,8-11,13-16,19-33,37,39,41-42H2,1-3H3,(H8-,68,69,70,71,72,77,78,79,80,81,82,83,84,85,86,87)/p+1/t53-,54+,55?/m0/s1. The highest BCUT2D eigenvalue weighted by Crippen LogP contribution is 2.66. The number of aryl methyl sites for hydroxylation is 2. The summed E-state index contributed by atoms with van der Waals surface area (Å²) in [6.07, 6.45) is 9.38. The normalized spacial score (nSPS) is 18.6. The van der Waals surface area contributed by atoms with E-state index in [0.29, 0.717) is 86.1 Å². The van der Waals surface area contributed by atoms with Crippen LogP contribution in [0.5, 0.6) is 11.5 Å². The second kappa shape index (κ2) is 37.4. The maximum Gasteiger partial charge on any atom is 0.490 e. The van der Waals surface area contributed by atoms with Gasteiger partial charge in [0.25, 0.3) is 5.91 Å². The van der Waals surface area contributed by atoms with E-state index in [9.17, 15) is 43.0 Å². The van der Waals surface area contributed by atoms with E-state index < -0.39 is 60.6 Å². The van der Waals surface area contributed by atoms with Gasteiger partial charge in [-0.05, 0) is 113 Å². The molecule has 572 valence electrons. The summed E-state index contributed by atoms with van der Waals surface area (Å²) in [6.45, 7) is 12.6. The molecule has 11 rings (SSSR count). The molecule has 10 N–H and O–H groups in total. The van der Waals surface area contributed by atoms with Gasteiger partial charge < -0.3 is 88.5 Å². The lowest BCUT2D eigenvalue weighted by atomic mass is 9.81. The molecule has 105 heavy (non-hydrogen) atoms. The summed E-state index contributed by atoms with van der Waals surface area (Å²) in [6, 6.07) is 9.38. The molecule has 5 aromatic rings. The summed E-state index contributed by atoms with van der Waals surface area (Å²) in [5, 5.41) is 18.9. The number of alkyl carbamates (subject to hydrolysis) is 1. The van der Waals surface area contributed by atoms with E-state index in [1.54, 1.807) is 50.6 Å². The minimum atomic E-state index is -5.76. The average Bonchev–Trinajstić information content (AvgIpc) is 0.997. The number of hydrogen-bond acceptors (Lipinski definition) is 26. The van der Waals surface area contributed by atoms with E-state index in [4.69, 9.17) is 58.0 Å². The molecule has 8 heterocycles. The van der Waals surface area contributed by atoms with Gasteiger partial charge in [0.1, 0.15) is 66.6 Å². The number of nitrogens with one attached hydrogen (secondary N) is 3. The lowest BCUT2D eigenvalue weighted by molar-refractivity contribution is -0.0520. The van der Waals surface area contributed by atoms with Gasteiger partial charge in [-0.3, -0.25) is 9.32 Å². The molecule has 2 amide bonds. The fraction of sp³-hybridized carbons (Fsp3) is 0.552. The van der Waals surface area contributed by atoms with Gasteiger partial charge in [-0.15, -0.1) is 0 Å². The molecule has 31 nitrogen and oxygen atoms in total. The molecule has 0 bridgehead atoms. The Morgan fingerprint density at radius 2 is 1.57 bits per heavy atom. The van der Waals surface area contributed by atoms with Crippen LogP contribution < -0.4 is 46.6 Å². The number of aromatic nitrogens is 3. The van der Waals surface area contributed by atoms with E-state index in [-0.39, 0.29) is 60.7 Å². The van der Waals surface area contributed by atoms with Crippen LogP contribution in [0.4, 0.5) is 16.3 Å². The number of phosphoric ester groups is 1. The van der Waals surface area contributed by atoms with Gasteiger partial charge in [-0.1, -0.05) is 61.9 Å². The van der Waals surface area contributed by atoms with Crippen molar-refractivity contribution in [1.82, 2.24) is 35.2 Å². The monoisotopic (exact) mass is 1590 g/mol. The maximum atomic E-state index is 13.9. The van der Waals surface area contributed by atoms with E-state index in [2.05, 4.69) is 82.0 Å². The van der Waals surface area contributed by atoms with E-state index in [1.165, 1.54) is 61.2 Å². The van der Waals surface area contributed by atoms with Gasteiger partial charge in [0, 0.05) is 107 Å². The van der Waals surface area contributed by atoms with Gasteiger partial charge in [0.2, 0.25) is 5.36 Å². The van der Waals surface area contributed by atoms with Crippen molar-refractivity contribution in [2.75, 3.05) is 127 Å². The van der Waals surface area contributed by atoms with Crippen molar-refractivity contribution in [1.29, 1.82) is 0 Å². The lowest BCUT2D eigenvalue weighted by Gasteiger charge is -2.39. The summed E-state index contributed by atoms with van der Waals surface area (Å²) >= 11 is 0. The number of hydroxylamine groups is 1. The van der Waals surface area contributed by atoms with Crippen LogP contribution in [-0.4, -0.2) is 190 Å². The predicted octanol–water partition coefficient (Wildman–Crippen LogP) is 7.89. The number of fused-ring (bicyclic) bond motifs is 5. The Hall–Kier alpha value is -5.35. The Balaban J connectivity index is 0.537. The van der Waals surface area contributed by atoms with Gasteiger partial charge in [-0.25, -0.2) is 43.3 Å². The number of hydrogen-bond donors (Lipinski definition) is 9. The number of ether oxygens (including phenoxy) is 7. The van der Waals surface area contributed by atoms with Crippen molar-refractivity contribution in [3.63, 3.8) is 0 Å². The number of amides is 2. The molecule has 2 aromatic heterocycles. The van der Waals surface area contributed by atoms with Crippen LogP contribution in [0.15, 0.2) is 42.9 Å². The number of carboxylic acid groups (broad SMARTS) is 1. The molecule has 0 saturated carbocycles. The highest BCUT2D eigenvalue weighted by atomic mass is 33.1. The summed E-state index contributed by atoms with van der Waals surface area (Å²) < 4.78 is 94.1.